The zero-order valence-electron chi connectivity index (χ0n) is 10.4. The first kappa shape index (κ1) is 13.2. The summed E-state index contributed by atoms with van der Waals surface area (Å²) >= 11 is 1.36. The van der Waals surface area contributed by atoms with Gasteiger partial charge in [-0.1, -0.05) is 23.5 Å². The Morgan fingerprint density at radius 3 is 2.42 bits per heavy atom. The van der Waals surface area contributed by atoms with Crippen LogP contribution in [0.5, 0.6) is 0 Å². The molecule has 1 aromatic carbocycles. The first-order valence-corrected chi connectivity index (χ1v) is 6.38. The lowest BCUT2D eigenvalue weighted by atomic mass is 10.1. The number of carboxylic acid groups (broad SMARTS) is 1. The van der Waals surface area contributed by atoms with Crippen molar-refractivity contribution in [2.24, 2.45) is 0 Å². The van der Waals surface area contributed by atoms with Crippen molar-refractivity contribution < 1.29 is 14.7 Å². The molecule has 6 heteroatoms. The van der Waals surface area contributed by atoms with E-state index in [4.69, 9.17) is 5.11 Å². The molecule has 1 heterocycles. The SMILES string of the molecule is CC(=O)Nc1nc(C)c(-c2ccc(C(=O)O)cc2)s1. The standard InChI is InChI=1S/C13H12N2O3S/c1-7-11(19-13(14-7)15-8(2)16)9-3-5-10(6-4-9)12(17)18/h3-6H,1-2H3,(H,17,18)(H,14,15,16). The van der Waals surface area contributed by atoms with E-state index in [1.807, 2.05) is 6.92 Å². The molecule has 19 heavy (non-hydrogen) atoms. The molecular formula is C13H12N2O3S. The van der Waals surface area contributed by atoms with E-state index in [-0.39, 0.29) is 11.5 Å². The Balaban J connectivity index is 2.33. The molecule has 2 N–H and O–H groups in total. The summed E-state index contributed by atoms with van der Waals surface area (Å²) < 4.78 is 0. The Morgan fingerprint density at radius 1 is 1.26 bits per heavy atom. The highest BCUT2D eigenvalue weighted by Crippen LogP contribution is 2.32. The van der Waals surface area contributed by atoms with Crippen LogP contribution in [0, 0.1) is 6.92 Å². The van der Waals surface area contributed by atoms with Crippen LogP contribution in [0.15, 0.2) is 24.3 Å². The first-order valence-electron chi connectivity index (χ1n) is 5.56. The van der Waals surface area contributed by atoms with E-state index in [1.165, 1.54) is 18.3 Å². The number of rotatable bonds is 3. The first-order chi connectivity index (χ1) is 8.97. The van der Waals surface area contributed by atoms with E-state index in [0.29, 0.717) is 5.13 Å². The third-order valence-corrected chi connectivity index (χ3v) is 3.60. The van der Waals surface area contributed by atoms with Crippen LogP contribution in [0.2, 0.25) is 0 Å². The van der Waals surface area contributed by atoms with Crippen LogP contribution < -0.4 is 5.32 Å². The fourth-order valence-corrected chi connectivity index (χ4v) is 2.65. The summed E-state index contributed by atoms with van der Waals surface area (Å²) in [7, 11) is 0. The van der Waals surface area contributed by atoms with Crippen molar-refractivity contribution in [1.29, 1.82) is 0 Å². The van der Waals surface area contributed by atoms with Gasteiger partial charge in [-0.05, 0) is 24.6 Å². The second-order valence-electron chi connectivity index (χ2n) is 4.00. The highest BCUT2D eigenvalue weighted by molar-refractivity contribution is 7.19. The second-order valence-corrected chi connectivity index (χ2v) is 5.00. The molecule has 0 bridgehead atoms. The van der Waals surface area contributed by atoms with Crippen molar-refractivity contribution in [3.05, 3.63) is 35.5 Å². The number of amides is 1. The maximum absolute atomic E-state index is 11.0. The van der Waals surface area contributed by atoms with Crippen LogP contribution in [0.4, 0.5) is 5.13 Å². The highest BCUT2D eigenvalue weighted by atomic mass is 32.1. The highest BCUT2D eigenvalue weighted by Gasteiger charge is 2.11. The molecule has 0 radical (unpaired) electrons. The fraction of sp³-hybridized carbons (Fsp3) is 0.154. The van der Waals surface area contributed by atoms with Gasteiger partial charge >= 0.3 is 5.97 Å². The molecule has 1 aromatic heterocycles. The summed E-state index contributed by atoms with van der Waals surface area (Å²) in [6.45, 7) is 3.28. The van der Waals surface area contributed by atoms with Crippen molar-refractivity contribution >= 4 is 28.3 Å². The van der Waals surface area contributed by atoms with E-state index >= 15 is 0 Å². The average Bonchev–Trinajstić information content (AvgIpc) is 2.69. The van der Waals surface area contributed by atoms with Gasteiger partial charge in [0.15, 0.2) is 5.13 Å². The van der Waals surface area contributed by atoms with Crippen LogP contribution >= 0.6 is 11.3 Å². The summed E-state index contributed by atoms with van der Waals surface area (Å²) in [6, 6.07) is 6.58. The number of hydrogen-bond donors (Lipinski definition) is 2. The predicted molar refractivity (Wildman–Crippen MR) is 73.6 cm³/mol. The zero-order chi connectivity index (χ0) is 14.0. The molecule has 0 fully saturated rings. The minimum Gasteiger partial charge on any atom is -0.478 e. The van der Waals surface area contributed by atoms with Gasteiger partial charge in [-0.2, -0.15) is 0 Å². The Hall–Kier alpha value is -2.21. The summed E-state index contributed by atoms with van der Waals surface area (Å²) in [5.41, 5.74) is 1.93. The summed E-state index contributed by atoms with van der Waals surface area (Å²) in [6.07, 6.45) is 0. The molecule has 5 nitrogen and oxygen atoms in total. The molecule has 0 unspecified atom stereocenters. The molecule has 0 saturated heterocycles. The van der Waals surface area contributed by atoms with Crippen LogP contribution in [0.25, 0.3) is 10.4 Å². The van der Waals surface area contributed by atoms with Crippen molar-refractivity contribution in [2.45, 2.75) is 13.8 Å². The zero-order valence-corrected chi connectivity index (χ0v) is 11.2. The lowest BCUT2D eigenvalue weighted by Gasteiger charge is -1.99. The Kier molecular flexibility index (Phi) is 3.62. The molecule has 1 amide bonds. The number of benzene rings is 1. The minimum atomic E-state index is -0.952. The molecule has 0 aliphatic heterocycles. The van der Waals surface area contributed by atoms with Gasteiger partial charge in [-0.25, -0.2) is 9.78 Å². The number of anilines is 1. The molecule has 0 saturated carbocycles. The molecule has 2 rings (SSSR count). The third-order valence-electron chi connectivity index (χ3n) is 2.47. The number of carbonyl (C=O) groups excluding carboxylic acids is 1. The number of carbonyl (C=O) groups is 2. The number of thiazole rings is 1. The van der Waals surface area contributed by atoms with Gasteiger partial charge in [0, 0.05) is 6.92 Å². The molecule has 0 aliphatic rings. The number of aromatic nitrogens is 1. The summed E-state index contributed by atoms with van der Waals surface area (Å²) in [5.74, 6) is -1.12. The van der Waals surface area contributed by atoms with Gasteiger partial charge in [0.25, 0.3) is 0 Å². The number of carboxylic acids is 1. The fourth-order valence-electron chi connectivity index (χ4n) is 1.63. The van der Waals surface area contributed by atoms with Gasteiger partial charge < -0.3 is 10.4 Å². The number of hydrogen-bond acceptors (Lipinski definition) is 4. The van der Waals surface area contributed by atoms with Crippen molar-refractivity contribution in [2.75, 3.05) is 5.32 Å². The van der Waals surface area contributed by atoms with Crippen LogP contribution in [0.1, 0.15) is 23.0 Å². The Labute approximate surface area is 113 Å². The number of nitrogens with one attached hydrogen (secondary N) is 1. The largest absolute Gasteiger partial charge is 0.478 e. The van der Waals surface area contributed by atoms with Crippen LogP contribution in [-0.4, -0.2) is 22.0 Å². The predicted octanol–water partition coefficient (Wildman–Crippen LogP) is 2.78. The van der Waals surface area contributed by atoms with Crippen molar-refractivity contribution in [3.63, 3.8) is 0 Å². The van der Waals surface area contributed by atoms with Gasteiger partial charge in [0.1, 0.15) is 0 Å². The van der Waals surface area contributed by atoms with E-state index in [0.717, 1.165) is 16.1 Å². The molecule has 2 aromatic rings. The van der Waals surface area contributed by atoms with E-state index in [2.05, 4.69) is 10.3 Å². The van der Waals surface area contributed by atoms with Gasteiger partial charge in [0.05, 0.1) is 16.1 Å². The Bertz CT molecular complexity index is 632. The maximum Gasteiger partial charge on any atom is 0.335 e. The van der Waals surface area contributed by atoms with Crippen molar-refractivity contribution in [3.8, 4) is 10.4 Å². The molecule has 0 spiro atoms. The molecule has 0 atom stereocenters. The molecular weight excluding hydrogens is 264 g/mol. The topological polar surface area (TPSA) is 79.3 Å². The van der Waals surface area contributed by atoms with Gasteiger partial charge in [-0.3, -0.25) is 4.79 Å². The van der Waals surface area contributed by atoms with Gasteiger partial charge in [-0.15, -0.1) is 0 Å². The summed E-state index contributed by atoms with van der Waals surface area (Å²) in [4.78, 5) is 26.9. The van der Waals surface area contributed by atoms with E-state index in [9.17, 15) is 9.59 Å². The second kappa shape index (κ2) is 5.19. The van der Waals surface area contributed by atoms with E-state index < -0.39 is 5.97 Å². The lowest BCUT2D eigenvalue weighted by Crippen LogP contribution is -2.04. The van der Waals surface area contributed by atoms with Gasteiger partial charge in [0.2, 0.25) is 5.91 Å². The molecule has 98 valence electrons. The number of nitrogens with zero attached hydrogens (tertiary/aromatic N) is 1. The van der Waals surface area contributed by atoms with Crippen molar-refractivity contribution in [1.82, 2.24) is 4.98 Å². The number of aryl methyl sites for hydroxylation is 1. The molecule has 0 aliphatic carbocycles. The van der Waals surface area contributed by atoms with E-state index in [1.54, 1.807) is 24.3 Å². The lowest BCUT2D eigenvalue weighted by molar-refractivity contribution is -0.114. The average molecular weight is 276 g/mol. The quantitative estimate of drug-likeness (QED) is 0.903. The third kappa shape index (κ3) is 2.97. The Morgan fingerprint density at radius 2 is 1.89 bits per heavy atom. The maximum atomic E-state index is 11.0. The van der Waals surface area contributed by atoms with Crippen LogP contribution in [-0.2, 0) is 4.79 Å². The monoisotopic (exact) mass is 276 g/mol. The van der Waals surface area contributed by atoms with Crippen LogP contribution in [0.3, 0.4) is 0 Å². The minimum absolute atomic E-state index is 0.165. The normalized spacial score (nSPS) is 10.2. The summed E-state index contributed by atoms with van der Waals surface area (Å²) in [5, 5.41) is 12.0. The number of aromatic carboxylic acids is 1. The smallest absolute Gasteiger partial charge is 0.335 e.